The second-order valence-electron chi connectivity index (χ2n) is 6.63. The summed E-state index contributed by atoms with van der Waals surface area (Å²) < 4.78 is 11.0. The van der Waals surface area contributed by atoms with Gasteiger partial charge < -0.3 is 9.15 Å². The minimum Gasteiger partial charge on any atom is -0.449 e. The first kappa shape index (κ1) is 17.8. The number of non-ortho nitro benzene ring substituents is 1. The molecule has 0 bridgehead atoms. The molecule has 0 unspecified atom stereocenters. The maximum atomic E-state index is 12.4. The van der Waals surface area contributed by atoms with Crippen molar-refractivity contribution < 1.29 is 18.9 Å². The number of nitrogens with zero attached hydrogens (tertiary/aromatic N) is 3. The first-order chi connectivity index (χ1) is 13.5. The van der Waals surface area contributed by atoms with E-state index in [0.29, 0.717) is 11.1 Å². The third-order valence-electron chi connectivity index (χ3n) is 4.73. The third-order valence-corrected chi connectivity index (χ3v) is 4.73. The largest absolute Gasteiger partial charge is 0.449 e. The van der Waals surface area contributed by atoms with E-state index in [-0.39, 0.29) is 17.5 Å². The second-order valence-corrected chi connectivity index (χ2v) is 6.63. The molecule has 4 rings (SSSR count). The van der Waals surface area contributed by atoms with Crippen LogP contribution in [0.25, 0.3) is 11.5 Å². The summed E-state index contributed by atoms with van der Waals surface area (Å²) in [7, 11) is 0. The first-order valence-electron chi connectivity index (χ1n) is 8.92. The zero-order valence-corrected chi connectivity index (χ0v) is 15.1. The van der Waals surface area contributed by atoms with Crippen molar-refractivity contribution in [3.8, 4) is 11.5 Å². The number of nitro benzene ring substituents is 1. The summed E-state index contributed by atoms with van der Waals surface area (Å²) in [6, 6.07) is 11.4. The molecule has 8 nitrogen and oxygen atoms in total. The molecule has 1 heterocycles. The lowest BCUT2D eigenvalue weighted by atomic mass is 10.1. The zero-order valence-electron chi connectivity index (χ0n) is 15.1. The number of benzene rings is 2. The van der Waals surface area contributed by atoms with Crippen molar-refractivity contribution in [2.45, 2.75) is 32.3 Å². The van der Waals surface area contributed by atoms with Gasteiger partial charge in [-0.15, -0.1) is 10.2 Å². The van der Waals surface area contributed by atoms with E-state index in [4.69, 9.17) is 9.15 Å². The van der Waals surface area contributed by atoms with Gasteiger partial charge >= 0.3 is 5.97 Å². The SMILES string of the molecule is C[C@@H](OC(=O)c1ccc2c(c1)CCC2)c1nnc(-c2ccc([N+](=O)[O-])cc2)o1. The Morgan fingerprint density at radius 1 is 1.14 bits per heavy atom. The molecule has 0 N–H and O–H groups in total. The van der Waals surface area contributed by atoms with Crippen LogP contribution in [-0.2, 0) is 17.6 Å². The number of carbonyl (C=O) groups excluding carboxylic acids is 1. The van der Waals surface area contributed by atoms with Gasteiger partial charge in [0, 0.05) is 17.7 Å². The number of aryl methyl sites for hydroxylation is 2. The van der Waals surface area contributed by atoms with Crippen LogP contribution in [0.1, 0.15) is 46.8 Å². The van der Waals surface area contributed by atoms with Gasteiger partial charge in [-0.05, 0) is 61.6 Å². The van der Waals surface area contributed by atoms with Crippen molar-refractivity contribution in [3.05, 3.63) is 75.2 Å². The highest BCUT2D eigenvalue weighted by atomic mass is 16.6. The number of nitro groups is 1. The van der Waals surface area contributed by atoms with Gasteiger partial charge in [0.1, 0.15) is 0 Å². The number of rotatable bonds is 5. The van der Waals surface area contributed by atoms with Crippen LogP contribution in [0.5, 0.6) is 0 Å². The predicted molar refractivity (Wildman–Crippen MR) is 98.7 cm³/mol. The second kappa shape index (κ2) is 7.22. The lowest BCUT2D eigenvalue weighted by molar-refractivity contribution is -0.384. The maximum Gasteiger partial charge on any atom is 0.338 e. The van der Waals surface area contributed by atoms with E-state index >= 15 is 0 Å². The number of fused-ring (bicyclic) bond motifs is 1. The first-order valence-corrected chi connectivity index (χ1v) is 8.92. The molecule has 0 saturated heterocycles. The molecule has 0 aliphatic heterocycles. The Morgan fingerprint density at radius 2 is 1.89 bits per heavy atom. The summed E-state index contributed by atoms with van der Waals surface area (Å²) in [6.45, 7) is 1.65. The zero-order chi connectivity index (χ0) is 19.7. The number of hydrogen-bond donors (Lipinski definition) is 0. The van der Waals surface area contributed by atoms with Crippen molar-refractivity contribution in [1.82, 2.24) is 10.2 Å². The van der Waals surface area contributed by atoms with Crippen LogP contribution in [0, 0.1) is 10.1 Å². The van der Waals surface area contributed by atoms with Gasteiger partial charge in [-0.25, -0.2) is 4.79 Å². The molecule has 0 amide bonds. The molecule has 0 saturated carbocycles. The average molecular weight is 379 g/mol. The number of aromatic nitrogens is 2. The summed E-state index contributed by atoms with van der Waals surface area (Å²) in [6.07, 6.45) is 2.42. The molecule has 0 radical (unpaired) electrons. The maximum absolute atomic E-state index is 12.4. The Balaban J connectivity index is 1.46. The van der Waals surface area contributed by atoms with Crippen molar-refractivity contribution in [2.24, 2.45) is 0 Å². The van der Waals surface area contributed by atoms with Gasteiger partial charge in [-0.1, -0.05) is 6.07 Å². The van der Waals surface area contributed by atoms with Crippen LogP contribution >= 0.6 is 0 Å². The molecule has 2 aromatic carbocycles. The van der Waals surface area contributed by atoms with Crippen LogP contribution in [0.3, 0.4) is 0 Å². The highest BCUT2D eigenvalue weighted by molar-refractivity contribution is 5.90. The summed E-state index contributed by atoms with van der Waals surface area (Å²) in [5, 5.41) is 18.6. The van der Waals surface area contributed by atoms with Crippen molar-refractivity contribution in [1.29, 1.82) is 0 Å². The van der Waals surface area contributed by atoms with E-state index in [9.17, 15) is 14.9 Å². The molecule has 1 aromatic heterocycles. The Morgan fingerprint density at radius 3 is 2.64 bits per heavy atom. The van der Waals surface area contributed by atoms with Gasteiger partial charge in [0.25, 0.3) is 11.6 Å². The highest BCUT2D eigenvalue weighted by Gasteiger charge is 2.21. The molecule has 3 aromatic rings. The quantitative estimate of drug-likeness (QED) is 0.374. The van der Waals surface area contributed by atoms with Crippen LogP contribution in [0.15, 0.2) is 46.9 Å². The monoisotopic (exact) mass is 379 g/mol. The molecule has 0 spiro atoms. The molecule has 142 valence electrons. The van der Waals surface area contributed by atoms with Gasteiger partial charge in [0.2, 0.25) is 5.89 Å². The molecule has 1 atom stereocenters. The van der Waals surface area contributed by atoms with Crippen LogP contribution in [0.2, 0.25) is 0 Å². The fourth-order valence-corrected chi connectivity index (χ4v) is 3.22. The van der Waals surface area contributed by atoms with Crippen molar-refractivity contribution >= 4 is 11.7 Å². The standard InChI is InChI=1S/C20H17N3O5/c1-12(27-20(24)16-6-5-13-3-2-4-15(13)11-16)18-21-22-19(28-18)14-7-9-17(10-8-14)23(25)26/h5-12H,2-4H2,1H3/t12-/m1/s1. The third kappa shape index (κ3) is 3.48. The van der Waals surface area contributed by atoms with E-state index in [0.717, 1.165) is 19.3 Å². The number of carbonyl (C=O) groups is 1. The molecule has 1 aliphatic rings. The summed E-state index contributed by atoms with van der Waals surface area (Å²) in [5.74, 6) is -0.0922. The summed E-state index contributed by atoms with van der Waals surface area (Å²) in [4.78, 5) is 22.7. The molecule has 8 heteroatoms. The lowest BCUT2D eigenvalue weighted by Gasteiger charge is -2.10. The van der Waals surface area contributed by atoms with E-state index in [2.05, 4.69) is 10.2 Å². The summed E-state index contributed by atoms with van der Waals surface area (Å²) >= 11 is 0. The lowest BCUT2D eigenvalue weighted by Crippen LogP contribution is -2.10. The van der Waals surface area contributed by atoms with Gasteiger partial charge in [0.15, 0.2) is 6.10 Å². The van der Waals surface area contributed by atoms with Crippen molar-refractivity contribution in [2.75, 3.05) is 0 Å². The Hall–Kier alpha value is -3.55. The fourth-order valence-electron chi connectivity index (χ4n) is 3.22. The normalized spacial score (nSPS) is 13.8. The van der Waals surface area contributed by atoms with E-state index < -0.39 is 17.0 Å². The molecule has 28 heavy (non-hydrogen) atoms. The van der Waals surface area contributed by atoms with E-state index in [1.165, 1.54) is 35.4 Å². The van der Waals surface area contributed by atoms with Crippen molar-refractivity contribution in [3.63, 3.8) is 0 Å². The number of hydrogen-bond acceptors (Lipinski definition) is 7. The number of esters is 1. The van der Waals surface area contributed by atoms with Gasteiger partial charge in [-0.3, -0.25) is 10.1 Å². The summed E-state index contributed by atoms with van der Waals surface area (Å²) in [5.41, 5.74) is 3.50. The Kier molecular flexibility index (Phi) is 4.60. The molecular weight excluding hydrogens is 362 g/mol. The Labute approximate surface area is 160 Å². The van der Waals surface area contributed by atoms with Crippen LogP contribution < -0.4 is 0 Å². The predicted octanol–water partition coefficient (Wildman–Crippen LogP) is 4.05. The average Bonchev–Trinajstić information content (AvgIpc) is 3.37. The van der Waals surface area contributed by atoms with Gasteiger partial charge in [-0.2, -0.15) is 0 Å². The molecule has 1 aliphatic carbocycles. The molecular formula is C20H17N3O5. The topological polar surface area (TPSA) is 108 Å². The van der Waals surface area contributed by atoms with E-state index in [1.54, 1.807) is 13.0 Å². The Bertz CT molecular complexity index is 1040. The highest BCUT2D eigenvalue weighted by Crippen LogP contribution is 2.26. The van der Waals surface area contributed by atoms with Crippen LogP contribution in [-0.4, -0.2) is 21.1 Å². The number of ether oxygens (including phenoxy) is 1. The van der Waals surface area contributed by atoms with E-state index in [1.807, 2.05) is 12.1 Å². The van der Waals surface area contributed by atoms with Gasteiger partial charge in [0.05, 0.1) is 10.5 Å². The fraction of sp³-hybridized carbons (Fsp3) is 0.250. The minimum absolute atomic E-state index is 0.0277. The molecule has 0 fully saturated rings. The smallest absolute Gasteiger partial charge is 0.338 e. The van der Waals surface area contributed by atoms with Crippen LogP contribution in [0.4, 0.5) is 5.69 Å². The minimum atomic E-state index is -0.722.